The lowest BCUT2D eigenvalue weighted by molar-refractivity contribution is -0.123. The van der Waals surface area contributed by atoms with Gasteiger partial charge in [0.1, 0.15) is 6.04 Å². The first-order chi connectivity index (χ1) is 12.1. The molecule has 0 spiro atoms. The highest BCUT2D eigenvalue weighted by molar-refractivity contribution is 7.98. The number of nitrogens with zero attached hydrogens (tertiary/aromatic N) is 2. The van der Waals surface area contributed by atoms with Crippen molar-refractivity contribution in [2.24, 2.45) is 0 Å². The van der Waals surface area contributed by atoms with Crippen LogP contribution in [0.5, 0.6) is 0 Å². The number of carbonyl (C=O) groups is 1. The van der Waals surface area contributed by atoms with Crippen LogP contribution in [0.1, 0.15) is 24.1 Å². The minimum atomic E-state index is -0.269. The molecule has 1 heterocycles. The van der Waals surface area contributed by atoms with Crippen molar-refractivity contribution in [3.05, 3.63) is 66.0 Å². The lowest BCUT2D eigenvalue weighted by Crippen LogP contribution is -2.32. The van der Waals surface area contributed by atoms with Crippen molar-refractivity contribution in [3.8, 4) is 0 Å². The van der Waals surface area contributed by atoms with Crippen LogP contribution >= 0.6 is 11.8 Å². The van der Waals surface area contributed by atoms with E-state index in [1.54, 1.807) is 6.33 Å². The van der Waals surface area contributed by atoms with E-state index in [1.165, 1.54) is 11.1 Å². The topological polar surface area (TPSA) is 46.9 Å². The van der Waals surface area contributed by atoms with Crippen LogP contribution in [0.4, 0.5) is 0 Å². The molecule has 1 N–H and O–H groups in total. The van der Waals surface area contributed by atoms with Gasteiger partial charge in [-0.15, -0.1) is 0 Å². The number of nitrogens with one attached hydrogen (secondary N) is 1. The zero-order chi connectivity index (χ0) is 17.6. The first kappa shape index (κ1) is 17.5. The van der Waals surface area contributed by atoms with E-state index in [-0.39, 0.29) is 11.9 Å². The maximum absolute atomic E-state index is 12.4. The number of rotatable bonds is 7. The SMILES string of the molecule is Cc1ccc(CSCCNC(=O)C(C)n2cnc3ccccc32)cc1. The first-order valence-corrected chi connectivity index (χ1v) is 9.63. The number of hydrogen-bond acceptors (Lipinski definition) is 3. The number of aromatic nitrogens is 2. The van der Waals surface area contributed by atoms with Gasteiger partial charge in [-0.25, -0.2) is 4.98 Å². The Morgan fingerprint density at radius 1 is 1.20 bits per heavy atom. The minimum Gasteiger partial charge on any atom is -0.353 e. The molecule has 0 fully saturated rings. The van der Waals surface area contributed by atoms with E-state index in [1.807, 2.05) is 47.5 Å². The maximum Gasteiger partial charge on any atom is 0.242 e. The molecule has 0 radical (unpaired) electrons. The second-order valence-corrected chi connectivity index (χ2v) is 7.25. The highest BCUT2D eigenvalue weighted by atomic mass is 32.2. The molecule has 0 saturated heterocycles. The summed E-state index contributed by atoms with van der Waals surface area (Å²) in [7, 11) is 0. The van der Waals surface area contributed by atoms with E-state index in [9.17, 15) is 4.79 Å². The highest BCUT2D eigenvalue weighted by Gasteiger charge is 2.16. The Morgan fingerprint density at radius 3 is 2.76 bits per heavy atom. The third-order valence-electron chi connectivity index (χ3n) is 4.21. The van der Waals surface area contributed by atoms with Gasteiger partial charge in [0.25, 0.3) is 0 Å². The second-order valence-electron chi connectivity index (χ2n) is 6.15. The van der Waals surface area contributed by atoms with Gasteiger partial charge in [0.05, 0.1) is 17.4 Å². The Morgan fingerprint density at radius 2 is 1.96 bits per heavy atom. The minimum absolute atomic E-state index is 0.0269. The van der Waals surface area contributed by atoms with Gasteiger partial charge in [-0.1, -0.05) is 42.0 Å². The summed E-state index contributed by atoms with van der Waals surface area (Å²) >= 11 is 1.83. The molecule has 0 aliphatic carbocycles. The largest absolute Gasteiger partial charge is 0.353 e. The van der Waals surface area contributed by atoms with Crippen LogP contribution in [0.2, 0.25) is 0 Å². The standard InChI is InChI=1S/C20H23N3OS/c1-15-7-9-17(10-8-15)13-25-12-11-21-20(24)16(2)23-14-22-18-5-3-4-6-19(18)23/h3-10,14,16H,11-13H2,1-2H3,(H,21,24). The van der Waals surface area contributed by atoms with Crippen LogP contribution in [0, 0.1) is 6.92 Å². The molecule has 1 aromatic heterocycles. The molecule has 25 heavy (non-hydrogen) atoms. The van der Waals surface area contributed by atoms with E-state index < -0.39 is 0 Å². The zero-order valence-corrected chi connectivity index (χ0v) is 15.4. The molecule has 0 saturated carbocycles. The van der Waals surface area contributed by atoms with Crippen molar-refractivity contribution in [1.82, 2.24) is 14.9 Å². The van der Waals surface area contributed by atoms with E-state index in [4.69, 9.17) is 0 Å². The van der Waals surface area contributed by atoms with Crippen LogP contribution in [0.3, 0.4) is 0 Å². The van der Waals surface area contributed by atoms with Crippen LogP contribution in [0.25, 0.3) is 11.0 Å². The molecule has 5 heteroatoms. The lowest BCUT2D eigenvalue weighted by atomic mass is 10.2. The van der Waals surface area contributed by atoms with Crippen LogP contribution in [0.15, 0.2) is 54.9 Å². The summed E-state index contributed by atoms with van der Waals surface area (Å²) in [6.07, 6.45) is 1.74. The number of imidazole rings is 1. The van der Waals surface area contributed by atoms with Gasteiger partial charge < -0.3 is 9.88 Å². The fourth-order valence-electron chi connectivity index (χ4n) is 2.68. The van der Waals surface area contributed by atoms with Crippen molar-refractivity contribution in [1.29, 1.82) is 0 Å². The number of fused-ring (bicyclic) bond motifs is 1. The molecule has 1 atom stereocenters. The predicted molar refractivity (Wildman–Crippen MR) is 105 cm³/mol. The Bertz CT molecular complexity index is 842. The van der Waals surface area contributed by atoms with Crippen LogP contribution < -0.4 is 5.32 Å². The molecule has 4 nitrogen and oxygen atoms in total. The summed E-state index contributed by atoms with van der Waals surface area (Å²) in [5, 5.41) is 3.02. The number of thioether (sulfide) groups is 1. The first-order valence-electron chi connectivity index (χ1n) is 8.48. The molecule has 3 rings (SSSR count). The number of amides is 1. The third-order valence-corrected chi connectivity index (χ3v) is 5.24. The number of para-hydroxylation sites is 2. The van der Waals surface area contributed by atoms with Crippen molar-refractivity contribution in [3.63, 3.8) is 0 Å². The summed E-state index contributed by atoms with van der Waals surface area (Å²) in [5.41, 5.74) is 4.50. The molecule has 0 aliphatic heterocycles. The van der Waals surface area contributed by atoms with Gasteiger partial charge in [-0.05, 0) is 31.5 Å². The fourth-order valence-corrected chi connectivity index (χ4v) is 3.50. The van der Waals surface area contributed by atoms with Gasteiger partial charge in [0.15, 0.2) is 0 Å². The number of aryl methyl sites for hydroxylation is 1. The smallest absolute Gasteiger partial charge is 0.242 e. The fraction of sp³-hybridized carbons (Fsp3) is 0.300. The maximum atomic E-state index is 12.4. The average Bonchev–Trinajstić information content (AvgIpc) is 3.06. The Kier molecular flexibility index (Phi) is 5.76. The normalized spacial score (nSPS) is 12.2. The van der Waals surface area contributed by atoms with Crippen LogP contribution in [-0.2, 0) is 10.5 Å². The lowest BCUT2D eigenvalue weighted by Gasteiger charge is -2.14. The molecular formula is C20H23N3OS. The molecule has 1 unspecified atom stereocenters. The summed E-state index contributed by atoms with van der Waals surface area (Å²) in [4.78, 5) is 16.7. The molecule has 0 bridgehead atoms. The van der Waals surface area contributed by atoms with Gasteiger partial charge in [0.2, 0.25) is 5.91 Å². The van der Waals surface area contributed by atoms with Gasteiger partial charge in [-0.2, -0.15) is 11.8 Å². The molecular weight excluding hydrogens is 330 g/mol. The average molecular weight is 353 g/mol. The zero-order valence-electron chi connectivity index (χ0n) is 14.6. The summed E-state index contributed by atoms with van der Waals surface area (Å²) in [6, 6.07) is 16.2. The van der Waals surface area contributed by atoms with Crippen LogP contribution in [-0.4, -0.2) is 27.8 Å². The van der Waals surface area contributed by atoms with Crippen molar-refractivity contribution in [2.75, 3.05) is 12.3 Å². The number of carbonyl (C=O) groups excluding carboxylic acids is 1. The number of hydrogen-bond donors (Lipinski definition) is 1. The van der Waals surface area contributed by atoms with Gasteiger partial charge in [-0.3, -0.25) is 4.79 Å². The molecule has 130 valence electrons. The summed E-state index contributed by atoms with van der Waals surface area (Å²) < 4.78 is 1.92. The summed E-state index contributed by atoms with van der Waals surface area (Å²) in [6.45, 7) is 4.67. The van der Waals surface area contributed by atoms with Crippen molar-refractivity contribution < 1.29 is 4.79 Å². The molecule has 3 aromatic rings. The van der Waals surface area contributed by atoms with E-state index in [0.29, 0.717) is 6.54 Å². The van der Waals surface area contributed by atoms with E-state index in [0.717, 1.165) is 22.5 Å². The molecule has 1 amide bonds. The van der Waals surface area contributed by atoms with Crippen molar-refractivity contribution in [2.45, 2.75) is 25.6 Å². The molecule has 0 aliphatic rings. The summed E-state index contributed by atoms with van der Waals surface area (Å²) in [5.74, 6) is 1.90. The quantitative estimate of drug-likeness (QED) is 0.654. The monoisotopic (exact) mass is 353 g/mol. The second kappa shape index (κ2) is 8.21. The Balaban J connectivity index is 1.45. The highest BCUT2D eigenvalue weighted by Crippen LogP contribution is 2.17. The van der Waals surface area contributed by atoms with Crippen molar-refractivity contribution >= 4 is 28.7 Å². The predicted octanol–water partition coefficient (Wildman–Crippen LogP) is 3.96. The van der Waals surface area contributed by atoms with Gasteiger partial charge >= 0.3 is 0 Å². The molecule has 2 aromatic carbocycles. The Labute approximate surface area is 152 Å². The third kappa shape index (κ3) is 4.42. The van der Waals surface area contributed by atoms with E-state index in [2.05, 4.69) is 41.5 Å². The van der Waals surface area contributed by atoms with E-state index >= 15 is 0 Å². The number of benzene rings is 2. The van der Waals surface area contributed by atoms with Gasteiger partial charge in [0, 0.05) is 18.1 Å². The Hall–Kier alpha value is -2.27.